The fourth-order valence-corrected chi connectivity index (χ4v) is 2.04. The Hall–Kier alpha value is -2.87. The van der Waals surface area contributed by atoms with Crippen molar-refractivity contribution in [3.8, 4) is 11.8 Å². The lowest BCUT2D eigenvalue weighted by Crippen LogP contribution is -2.00. The average Bonchev–Trinajstić information content (AvgIpc) is 2.46. The van der Waals surface area contributed by atoms with Crippen molar-refractivity contribution in [1.29, 1.82) is 5.26 Å². The van der Waals surface area contributed by atoms with Crippen LogP contribution in [0.4, 0.5) is 5.69 Å². The van der Waals surface area contributed by atoms with Crippen molar-refractivity contribution in [2.75, 3.05) is 0 Å². The number of nitro groups is 1. The number of aryl methyl sites for hydroxylation is 1. The van der Waals surface area contributed by atoms with Crippen molar-refractivity contribution >= 4 is 5.69 Å². The molecule has 21 heavy (non-hydrogen) atoms. The molecule has 2 aromatic carbocycles. The minimum Gasteiger partial charge on any atom is -0.489 e. The first-order valence-electron chi connectivity index (χ1n) is 6.43. The Kier molecular flexibility index (Phi) is 4.52. The van der Waals surface area contributed by atoms with Crippen LogP contribution in [0.3, 0.4) is 0 Å². The molecule has 0 aliphatic rings. The predicted octanol–water partition coefficient (Wildman–Crippen LogP) is 3.55. The molecule has 0 spiro atoms. The highest BCUT2D eigenvalue weighted by Gasteiger charge is 2.11. The number of nitriles is 1. The van der Waals surface area contributed by atoms with Gasteiger partial charge in [-0.1, -0.05) is 24.3 Å². The van der Waals surface area contributed by atoms with Crippen LogP contribution in [0.5, 0.6) is 5.75 Å². The van der Waals surface area contributed by atoms with Gasteiger partial charge in [0.1, 0.15) is 12.4 Å². The van der Waals surface area contributed by atoms with E-state index in [0.29, 0.717) is 24.3 Å². The van der Waals surface area contributed by atoms with E-state index in [9.17, 15) is 10.1 Å². The van der Waals surface area contributed by atoms with Crippen molar-refractivity contribution < 1.29 is 9.66 Å². The zero-order valence-corrected chi connectivity index (χ0v) is 11.6. The summed E-state index contributed by atoms with van der Waals surface area (Å²) in [6.45, 7) is 2.00. The van der Waals surface area contributed by atoms with E-state index in [4.69, 9.17) is 10.00 Å². The Balaban J connectivity index is 2.12. The van der Waals surface area contributed by atoms with Crippen LogP contribution in [-0.2, 0) is 13.0 Å². The molecule has 0 aliphatic carbocycles. The maximum Gasteiger partial charge on any atom is 0.272 e. The van der Waals surface area contributed by atoms with Crippen LogP contribution in [0, 0.1) is 28.4 Å². The summed E-state index contributed by atoms with van der Waals surface area (Å²) in [5.74, 6) is 0.574. The number of nitro benzene ring substituents is 1. The molecule has 0 atom stereocenters. The molecule has 106 valence electrons. The highest BCUT2D eigenvalue weighted by molar-refractivity contribution is 5.44. The van der Waals surface area contributed by atoms with Crippen molar-refractivity contribution in [2.24, 2.45) is 0 Å². The lowest BCUT2D eigenvalue weighted by atomic mass is 10.1. The zero-order chi connectivity index (χ0) is 15.2. The molecule has 0 radical (unpaired) electrons. The van der Waals surface area contributed by atoms with Crippen molar-refractivity contribution in [1.82, 2.24) is 0 Å². The van der Waals surface area contributed by atoms with E-state index < -0.39 is 4.92 Å². The van der Waals surface area contributed by atoms with Gasteiger partial charge < -0.3 is 4.74 Å². The Labute approximate surface area is 122 Å². The standard InChI is InChI=1S/C16H14N2O3/c1-12-10-15(6-7-16(12)18(19)20)21-11-14-5-3-2-4-13(14)8-9-17/h2-7,10H,8,11H2,1H3. The topological polar surface area (TPSA) is 76.2 Å². The Morgan fingerprint density at radius 2 is 1.95 bits per heavy atom. The van der Waals surface area contributed by atoms with E-state index in [1.165, 1.54) is 6.07 Å². The molecular formula is C16H14N2O3. The minimum atomic E-state index is -0.415. The van der Waals surface area contributed by atoms with E-state index in [0.717, 1.165) is 11.1 Å². The summed E-state index contributed by atoms with van der Waals surface area (Å²) in [5.41, 5.74) is 2.50. The van der Waals surface area contributed by atoms with Crippen molar-refractivity contribution in [3.05, 3.63) is 69.3 Å². The van der Waals surface area contributed by atoms with Crippen LogP contribution in [0.2, 0.25) is 0 Å². The van der Waals surface area contributed by atoms with Gasteiger partial charge in [-0.3, -0.25) is 10.1 Å². The molecule has 5 heteroatoms. The first-order chi connectivity index (χ1) is 10.1. The average molecular weight is 282 g/mol. The second kappa shape index (κ2) is 6.53. The van der Waals surface area contributed by atoms with Crippen LogP contribution in [0.25, 0.3) is 0 Å². The Morgan fingerprint density at radius 1 is 1.24 bits per heavy atom. The minimum absolute atomic E-state index is 0.0761. The van der Waals surface area contributed by atoms with E-state index in [1.54, 1.807) is 19.1 Å². The maximum atomic E-state index is 10.8. The highest BCUT2D eigenvalue weighted by Crippen LogP contribution is 2.24. The third-order valence-electron chi connectivity index (χ3n) is 3.15. The Bertz CT molecular complexity index is 705. The number of benzene rings is 2. The Morgan fingerprint density at radius 3 is 2.57 bits per heavy atom. The number of hydrogen-bond donors (Lipinski definition) is 0. The van der Waals surface area contributed by atoms with Gasteiger partial charge in [0.05, 0.1) is 17.4 Å². The van der Waals surface area contributed by atoms with Crippen LogP contribution < -0.4 is 4.74 Å². The van der Waals surface area contributed by atoms with Gasteiger partial charge in [0.2, 0.25) is 0 Å². The van der Waals surface area contributed by atoms with E-state index in [-0.39, 0.29) is 5.69 Å². The molecule has 0 aliphatic heterocycles. The number of hydrogen-bond acceptors (Lipinski definition) is 4. The first kappa shape index (κ1) is 14.5. The van der Waals surface area contributed by atoms with Gasteiger partial charge in [-0.2, -0.15) is 5.26 Å². The summed E-state index contributed by atoms with van der Waals surface area (Å²) in [4.78, 5) is 10.3. The number of rotatable bonds is 5. The molecule has 0 bridgehead atoms. The third kappa shape index (κ3) is 3.57. The van der Waals surface area contributed by atoms with Crippen LogP contribution in [-0.4, -0.2) is 4.92 Å². The van der Waals surface area contributed by atoms with Gasteiger partial charge in [0.25, 0.3) is 5.69 Å². The van der Waals surface area contributed by atoms with Gasteiger partial charge in [0, 0.05) is 11.6 Å². The third-order valence-corrected chi connectivity index (χ3v) is 3.15. The summed E-state index contributed by atoms with van der Waals surface area (Å²) >= 11 is 0. The lowest BCUT2D eigenvalue weighted by molar-refractivity contribution is -0.385. The summed E-state index contributed by atoms with van der Waals surface area (Å²) in [7, 11) is 0. The summed E-state index contributed by atoms with van der Waals surface area (Å²) < 4.78 is 5.66. The molecule has 0 saturated heterocycles. The normalized spacial score (nSPS) is 9.90. The second-order valence-corrected chi connectivity index (χ2v) is 4.60. The summed E-state index contributed by atoms with van der Waals surface area (Å²) in [6, 6.07) is 14.4. The smallest absolute Gasteiger partial charge is 0.272 e. The van der Waals surface area contributed by atoms with E-state index in [2.05, 4.69) is 6.07 Å². The fraction of sp³-hybridized carbons (Fsp3) is 0.188. The molecule has 0 amide bonds. The number of ether oxygens (including phenoxy) is 1. The van der Waals surface area contributed by atoms with Gasteiger partial charge >= 0.3 is 0 Å². The largest absolute Gasteiger partial charge is 0.489 e. The highest BCUT2D eigenvalue weighted by atomic mass is 16.6. The molecule has 2 rings (SSSR count). The van der Waals surface area contributed by atoms with Gasteiger partial charge in [-0.15, -0.1) is 0 Å². The summed E-state index contributed by atoms with van der Waals surface area (Å²) in [5, 5.41) is 19.6. The van der Waals surface area contributed by atoms with Gasteiger partial charge in [-0.25, -0.2) is 0 Å². The van der Waals surface area contributed by atoms with E-state index in [1.807, 2.05) is 24.3 Å². The molecule has 0 N–H and O–H groups in total. The molecule has 0 saturated carbocycles. The maximum absolute atomic E-state index is 10.8. The fourth-order valence-electron chi connectivity index (χ4n) is 2.04. The van der Waals surface area contributed by atoms with Gasteiger partial charge in [0.15, 0.2) is 0 Å². The second-order valence-electron chi connectivity index (χ2n) is 4.60. The first-order valence-corrected chi connectivity index (χ1v) is 6.43. The predicted molar refractivity (Wildman–Crippen MR) is 77.9 cm³/mol. The van der Waals surface area contributed by atoms with Gasteiger partial charge in [-0.05, 0) is 30.2 Å². The van der Waals surface area contributed by atoms with Crippen molar-refractivity contribution in [2.45, 2.75) is 20.0 Å². The molecule has 0 aromatic heterocycles. The van der Waals surface area contributed by atoms with Crippen LogP contribution in [0.1, 0.15) is 16.7 Å². The van der Waals surface area contributed by atoms with E-state index >= 15 is 0 Å². The molecule has 0 fully saturated rings. The van der Waals surface area contributed by atoms with Crippen molar-refractivity contribution in [3.63, 3.8) is 0 Å². The summed E-state index contributed by atoms with van der Waals surface area (Å²) in [6.07, 6.45) is 0.332. The quantitative estimate of drug-likeness (QED) is 0.620. The molecule has 0 unspecified atom stereocenters. The molecule has 5 nitrogen and oxygen atoms in total. The molecule has 0 heterocycles. The molecule has 2 aromatic rings. The zero-order valence-electron chi connectivity index (χ0n) is 11.6. The lowest BCUT2D eigenvalue weighted by Gasteiger charge is -2.10. The van der Waals surface area contributed by atoms with Crippen LogP contribution >= 0.6 is 0 Å². The monoisotopic (exact) mass is 282 g/mol. The molecular weight excluding hydrogens is 268 g/mol. The van der Waals surface area contributed by atoms with Crippen LogP contribution in [0.15, 0.2) is 42.5 Å². The SMILES string of the molecule is Cc1cc(OCc2ccccc2CC#N)ccc1[N+](=O)[O-]. The number of nitrogens with zero attached hydrogens (tertiary/aromatic N) is 2.